The van der Waals surface area contributed by atoms with Crippen LogP contribution < -0.4 is 5.32 Å². The molecule has 6 heteroatoms. The molecule has 0 radical (unpaired) electrons. The largest absolute Gasteiger partial charge is 0.478 e. The Kier molecular flexibility index (Phi) is 5.98. The highest BCUT2D eigenvalue weighted by Gasteiger charge is 2.08. The molecule has 0 aliphatic carbocycles. The van der Waals surface area contributed by atoms with Gasteiger partial charge >= 0.3 is 5.97 Å². The van der Waals surface area contributed by atoms with E-state index in [4.69, 9.17) is 14.6 Å². The average Bonchev–Trinajstić information content (AvgIpc) is 2.34. The van der Waals surface area contributed by atoms with Crippen LogP contribution in [-0.2, 0) is 14.3 Å². The Morgan fingerprint density at radius 3 is 2.63 bits per heavy atom. The molecule has 0 atom stereocenters. The van der Waals surface area contributed by atoms with E-state index in [0.29, 0.717) is 24.5 Å². The van der Waals surface area contributed by atoms with Gasteiger partial charge in [-0.25, -0.2) is 4.79 Å². The summed E-state index contributed by atoms with van der Waals surface area (Å²) in [6.07, 6.45) is 0. The zero-order valence-corrected chi connectivity index (χ0v) is 10.9. The number of ether oxygens (including phenoxy) is 2. The van der Waals surface area contributed by atoms with Gasteiger partial charge in [-0.2, -0.15) is 0 Å². The molecule has 0 heterocycles. The SMILES string of the molecule is COCCOCC(=O)Nc1ccc(C(=O)O)c(C)c1. The molecule has 0 bridgehead atoms. The number of benzene rings is 1. The highest BCUT2D eigenvalue weighted by molar-refractivity contribution is 5.94. The molecule has 104 valence electrons. The van der Waals surface area contributed by atoms with Crippen LogP contribution in [0, 0.1) is 6.92 Å². The normalized spacial score (nSPS) is 10.2. The van der Waals surface area contributed by atoms with Crippen LogP contribution in [0.2, 0.25) is 0 Å². The highest BCUT2D eigenvalue weighted by Crippen LogP contribution is 2.15. The summed E-state index contributed by atoms with van der Waals surface area (Å²) in [5, 5.41) is 11.5. The monoisotopic (exact) mass is 267 g/mol. The molecule has 0 saturated heterocycles. The maximum atomic E-state index is 11.5. The van der Waals surface area contributed by atoms with Gasteiger partial charge in [-0.3, -0.25) is 4.79 Å². The Balaban J connectivity index is 2.51. The van der Waals surface area contributed by atoms with E-state index < -0.39 is 5.97 Å². The molecule has 0 unspecified atom stereocenters. The van der Waals surface area contributed by atoms with Crippen molar-refractivity contribution in [3.8, 4) is 0 Å². The predicted molar refractivity (Wildman–Crippen MR) is 69.5 cm³/mol. The number of nitrogens with one attached hydrogen (secondary N) is 1. The van der Waals surface area contributed by atoms with Crippen molar-refractivity contribution < 1.29 is 24.2 Å². The van der Waals surface area contributed by atoms with E-state index in [1.54, 1.807) is 26.2 Å². The van der Waals surface area contributed by atoms with Gasteiger partial charge in [0.1, 0.15) is 6.61 Å². The van der Waals surface area contributed by atoms with Gasteiger partial charge in [0.05, 0.1) is 18.8 Å². The van der Waals surface area contributed by atoms with Crippen molar-refractivity contribution in [2.24, 2.45) is 0 Å². The van der Waals surface area contributed by atoms with Gasteiger partial charge in [0.25, 0.3) is 0 Å². The molecule has 0 aromatic heterocycles. The molecule has 6 nitrogen and oxygen atoms in total. The number of carboxylic acid groups (broad SMARTS) is 1. The molecule has 2 N–H and O–H groups in total. The summed E-state index contributed by atoms with van der Waals surface area (Å²) in [4.78, 5) is 22.4. The highest BCUT2D eigenvalue weighted by atomic mass is 16.5. The Morgan fingerprint density at radius 1 is 1.32 bits per heavy atom. The van der Waals surface area contributed by atoms with Gasteiger partial charge < -0.3 is 19.9 Å². The molecule has 0 fully saturated rings. The third-order valence-corrected chi connectivity index (χ3v) is 2.41. The maximum Gasteiger partial charge on any atom is 0.335 e. The summed E-state index contributed by atoms with van der Waals surface area (Å²) >= 11 is 0. The fourth-order valence-electron chi connectivity index (χ4n) is 1.49. The number of carbonyl (C=O) groups excluding carboxylic acids is 1. The molecule has 1 rings (SSSR count). The van der Waals surface area contributed by atoms with Crippen molar-refractivity contribution in [2.45, 2.75) is 6.92 Å². The number of carbonyl (C=O) groups is 2. The Bertz CT molecular complexity index is 458. The fourth-order valence-corrected chi connectivity index (χ4v) is 1.49. The Hall–Kier alpha value is -1.92. The molecular formula is C13H17NO5. The van der Waals surface area contributed by atoms with E-state index in [0.717, 1.165) is 0 Å². The summed E-state index contributed by atoms with van der Waals surface area (Å²) in [7, 11) is 1.55. The molecule has 0 spiro atoms. The van der Waals surface area contributed by atoms with Crippen LogP contribution in [0.3, 0.4) is 0 Å². The first-order valence-electron chi connectivity index (χ1n) is 5.75. The molecule has 0 saturated carbocycles. The zero-order chi connectivity index (χ0) is 14.3. The minimum absolute atomic E-state index is 0.0664. The Labute approximate surface area is 111 Å². The lowest BCUT2D eigenvalue weighted by Gasteiger charge is -2.08. The lowest BCUT2D eigenvalue weighted by molar-refractivity contribution is -0.121. The number of rotatable bonds is 7. The minimum Gasteiger partial charge on any atom is -0.478 e. The number of aryl methyl sites for hydroxylation is 1. The molecule has 0 aliphatic heterocycles. The number of methoxy groups -OCH3 is 1. The molecule has 1 aromatic rings. The molecule has 1 aromatic carbocycles. The lowest BCUT2D eigenvalue weighted by Crippen LogP contribution is -2.19. The van der Waals surface area contributed by atoms with E-state index >= 15 is 0 Å². The zero-order valence-electron chi connectivity index (χ0n) is 10.9. The fraction of sp³-hybridized carbons (Fsp3) is 0.385. The van der Waals surface area contributed by atoms with E-state index in [-0.39, 0.29) is 18.1 Å². The van der Waals surface area contributed by atoms with Gasteiger partial charge in [-0.15, -0.1) is 0 Å². The van der Waals surface area contributed by atoms with Crippen molar-refractivity contribution in [1.29, 1.82) is 0 Å². The van der Waals surface area contributed by atoms with Gasteiger partial charge in [0.2, 0.25) is 5.91 Å². The second-order valence-corrected chi connectivity index (χ2v) is 3.93. The van der Waals surface area contributed by atoms with Crippen molar-refractivity contribution in [2.75, 3.05) is 32.2 Å². The van der Waals surface area contributed by atoms with Gasteiger partial charge in [-0.1, -0.05) is 0 Å². The van der Waals surface area contributed by atoms with Crippen LogP contribution in [0.1, 0.15) is 15.9 Å². The Morgan fingerprint density at radius 2 is 2.05 bits per heavy atom. The van der Waals surface area contributed by atoms with Crippen molar-refractivity contribution >= 4 is 17.6 Å². The standard InChI is InChI=1S/C13H17NO5/c1-9-7-10(3-4-11(9)13(16)17)14-12(15)8-19-6-5-18-2/h3-4,7H,5-6,8H2,1-2H3,(H,14,15)(H,16,17). The number of amides is 1. The first kappa shape index (κ1) is 15.1. The predicted octanol–water partition coefficient (Wildman–Crippen LogP) is 1.29. The summed E-state index contributed by atoms with van der Waals surface area (Å²) in [5.74, 6) is -1.28. The van der Waals surface area contributed by atoms with Crippen LogP contribution in [0.5, 0.6) is 0 Å². The first-order chi connectivity index (χ1) is 9.04. The maximum absolute atomic E-state index is 11.5. The van der Waals surface area contributed by atoms with E-state index in [1.165, 1.54) is 6.07 Å². The van der Waals surface area contributed by atoms with Crippen LogP contribution >= 0.6 is 0 Å². The second-order valence-electron chi connectivity index (χ2n) is 3.93. The molecule has 1 amide bonds. The topological polar surface area (TPSA) is 84.9 Å². The first-order valence-corrected chi connectivity index (χ1v) is 5.75. The van der Waals surface area contributed by atoms with E-state index in [1.807, 2.05) is 0 Å². The average molecular weight is 267 g/mol. The summed E-state index contributed by atoms with van der Waals surface area (Å²) in [6.45, 7) is 2.39. The third-order valence-electron chi connectivity index (χ3n) is 2.41. The van der Waals surface area contributed by atoms with Gasteiger partial charge in [0, 0.05) is 12.8 Å². The van der Waals surface area contributed by atoms with Gasteiger partial charge in [-0.05, 0) is 30.7 Å². The summed E-state index contributed by atoms with van der Waals surface area (Å²) < 4.78 is 9.85. The number of carboxylic acids is 1. The quantitative estimate of drug-likeness (QED) is 0.727. The molecule has 0 aliphatic rings. The van der Waals surface area contributed by atoms with Crippen molar-refractivity contribution in [1.82, 2.24) is 0 Å². The number of hydrogen-bond acceptors (Lipinski definition) is 4. The number of anilines is 1. The second kappa shape index (κ2) is 7.50. The van der Waals surface area contributed by atoms with E-state index in [2.05, 4.69) is 5.32 Å². The van der Waals surface area contributed by atoms with Crippen LogP contribution in [-0.4, -0.2) is 43.9 Å². The molecule has 19 heavy (non-hydrogen) atoms. The van der Waals surface area contributed by atoms with Crippen LogP contribution in [0.25, 0.3) is 0 Å². The number of aromatic carboxylic acids is 1. The molecular weight excluding hydrogens is 250 g/mol. The van der Waals surface area contributed by atoms with Gasteiger partial charge in [0.15, 0.2) is 0 Å². The lowest BCUT2D eigenvalue weighted by atomic mass is 10.1. The van der Waals surface area contributed by atoms with Crippen LogP contribution in [0.15, 0.2) is 18.2 Å². The summed E-state index contributed by atoms with van der Waals surface area (Å²) in [6, 6.07) is 4.61. The van der Waals surface area contributed by atoms with E-state index in [9.17, 15) is 9.59 Å². The smallest absolute Gasteiger partial charge is 0.335 e. The van der Waals surface area contributed by atoms with Crippen molar-refractivity contribution in [3.05, 3.63) is 29.3 Å². The third kappa shape index (κ3) is 5.07. The minimum atomic E-state index is -0.988. The van der Waals surface area contributed by atoms with Crippen molar-refractivity contribution in [3.63, 3.8) is 0 Å². The summed E-state index contributed by atoms with van der Waals surface area (Å²) in [5.41, 5.74) is 1.35. The number of hydrogen-bond donors (Lipinski definition) is 2. The van der Waals surface area contributed by atoms with Crippen LogP contribution in [0.4, 0.5) is 5.69 Å².